The molecule has 0 amide bonds. The lowest BCUT2D eigenvalue weighted by molar-refractivity contribution is -0.150. The molecule has 24 nitrogen and oxygen atoms in total. The van der Waals surface area contributed by atoms with Gasteiger partial charge >= 0.3 is 5.97 Å². The average Bonchev–Trinajstić information content (AvgIpc) is 1.60. The Morgan fingerprint density at radius 1 is 0.341 bits per heavy atom. The molecule has 6 unspecified atom stereocenters. The number of halogens is 4. The molecule has 2 saturated heterocycles. The van der Waals surface area contributed by atoms with E-state index < -0.39 is 5.97 Å². The van der Waals surface area contributed by atoms with Gasteiger partial charge in [0, 0.05) is 107 Å². The summed E-state index contributed by atoms with van der Waals surface area (Å²) in [5.41, 5.74) is 14.9. The molecular formula is C110H131Br3ClN17O7. The minimum absolute atomic E-state index is 0.100. The number of anilines is 2. The minimum Gasteiger partial charge on any atom is -0.481 e. The van der Waals surface area contributed by atoms with Gasteiger partial charge in [-0.05, 0) is 309 Å². The fourth-order valence-electron chi connectivity index (χ4n) is 29.2. The van der Waals surface area contributed by atoms with Crippen LogP contribution in [0.4, 0.5) is 11.4 Å². The highest BCUT2D eigenvalue weighted by Crippen LogP contribution is 2.62. The molecule has 28 heteroatoms. The number of Topliss-reactive ketones (excluding diaryl/α,β-unsaturated/α-hetero) is 4. The summed E-state index contributed by atoms with van der Waals surface area (Å²) >= 11 is 15.6. The Kier molecular flexibility index (Phi) is 27.6. The molecule has 12 saturated carbocycles. The number of aromatic nitrogens is 15. The number of aliphatic carboxylic acids is 1. The third-order valence-electron chi connectivity index (χ3n) is 37.0. The van der Waals surface area contributed by atoms with E-state index in [1.165, 1.54) is 178 Å². The number of aromatic amines is 5. The van der Waals surface area contributed by atoms with Crippen LogP contribution in [0.25, 0.3) is 78.3 Å². The number of rotatable bonds is 14. The molecular weight excluding hydrogens is 1950 g/mol. The number of carbonyl (C=O) groups is 6. The van der Waals surface area contributed by atoms with Crippen molar-refractivity contribution >= 4 is 161 Å². The monoisotopic (exact) mass is 2070 g/mol. The summed E-state index contributed by atoms with van der Waals surface area (Å²) in [4.78, 5) is 141. The second-order valence-corrected chi connectivity index (χ2v) is 47.1. The van der Waals surface area contributed by atoms with Crippen molar-refractivity contribution in [3.8, 4) is 22.5 Å². The summed E-state index contributed by atoms with van der Waals surface area (Å²) in [5.74, 6) is 8.16. The fraction of sp³-hybridized carbons (Fsp3) is 0.564. The average molecular weight is 2080 g/mol. The first-order valence-electron chi connectivity index (χ1n) is 51.6. The van der Waals surface area contributed by atoms with Crippen molar-refractivity contribution in [2.75, 3.05) is 36.0 Å². The zero-order valence-corrected chi connectivity index (χ0v) is 86.1. The molecule has 18 atom stereocenters. The standard InChI is InChI=1S/2C26H30N4O.2C16H18BrN3O.C10H15ClO.C10H16O2.C6H4BrN3/c2*1-26(11-10-17-6-5-9-21(17)26)24(31)20-15-27-25-23(20)29-22(16-28-25)18-7-4-8-19(14-18)30-12-2-3-13-30;2*1-16(6-5-9-3-2-4-11(9)16)14(21)10-7-18-15-13(10)20-12(17)8-19-15;2*1-10(9(11)12)6-5-7-3-2-4-8(7)10;7-5-3-9-6-4(10-5)1-2-8-6/h2*4,7-8,14-17,21H,2-3,5-6,9-13H2,1H3,(H,27,28);2*7-9,11H,2-6H2,1H3,(H,18,19);7-8H,2-6H2,1H3;7-8H,2-6H2,1H3,(H,11,12);1-3H,(H,8,9)/t2*17-,21-,26?;2*9-,11-,16?;2*7-,8-,10?;/m000000./s1. The van der Waals surface area contributed by atoms with Gasteiger partial charge in [-0.15, -0.1) is 0 Å². The van der Waals surface area contributed by atoms with Crippen LogP contribution in [0.3, 0.4) is 0 Å². The summed E-state index contributed by atoms with van der Waals surface area (Å²) in [6, 6.07) is 19.0. The Labute approximate surface area is 837 Å². The normalized spacial score (nSPS) is 30.9. The van der Waals surface area contributed by atoms with Crippen LogP contribution in [-0.4, -0.2) is 140 Å². The van der Waals surface area contributed by atoms with Gasteiger partial charge in [0.2, 0.25) is 5.24 Å². The zero-order chi connectivity index (χ0) is 95.7. The highest BCUT2D eigenvalue weighted by molar-refractivity contribution is 9.11. The molecule has 2 aromatic carbocycles. The zero-order valence-electron chi connectivity index (χ0n) is 80.5. The number of carboxylic acids is 1. The Balaban J connectivity index is 0.000000103. The largest absolute Gasteiger partial charge is 0.481 e. The summed E-state index contributed by atoms with van der Waals surface area (Å²) in [5, 5.41) is 9.02. The van der Waals surface area contributed by atoms with Crippen LogP contribution in [-0.2, 0) is 9.59 Å². The van der Waals surface area contributed by atoms with E-state index >= 15 is 0 Å². The van der Waals surface area contributed by atoms with Crippen LogP contribution in [0.2, 0.25) is 0 Å². The molecule has 14 aliphatic rings. The van der Waals surface area contributed by atoms with Crippen molar-refractivity contribution < 1.29 is 33.9 Å². The Morgan fingerprint density at radius 2 is 0.630 bits per heavy atom. The fourth-order valence-corrected chi connectivity index (χ4v) is 30.3. The number of nitrogens with one attached hydrogen (secondary N) is 5. The number of benzene rings is 2. The molecule has 0 bridgehead atoms. The van der Waals surface area contributed by atoms with Crippen molar-refractivity contribution in [3.63, 3.8) is 0 Å². The molecule has 138 heavy (non-hydrogen) atoms. The van der Waals surface area contributed by atoms with Gasteiger partial charge in [-0.25, -0.2) is 49.8 Å². The van der Waals surface area contributed by atoms with Crippen molar-refractivity contribution in [2.24, 2.45) is 104 Å². The van der Waals surface area contributed by atoms with Gasteiger partial charge in [0.15, 0.2) is 51.4 Å². The van der Waals surface area contributed by atoms with Gasteiger partial charge in [0.1, 0.15) is 41.4 Å². The molecule has 12 heterocycles. The van der Waals surface area contributed by atoms with E-state index in [4.69, 9.17) is 26.7 Å². The van der Waals surface area contributed by atoms with Crippen molar-refractivity contribution in [1.29, 1.82) is 0 Å². The maximum atomic E-state index is 13.8. The van der Waals surface area contributed by atoms with Crippen LogP contribution >= 0.6 is 59.4 Å². The third-order valence-corrected chi connectivity index (χ3v) is 38.6. The first kappa shape index (κ1) is 96.2. The van der Waals surface area contributed by atoms with Crippen LogP contribution in [0.1, 0.15) is 301 Å². The van der Waals surface area contributed by atoms with Crippen LogP contribution in [0, 0.1) is 104 Å². The van der Waals surface area contributed by atoms with E-state index in [0.29, 0.717) is 89.5 Å². The first-order valence-corrected chi connectivity index (χ1v) is 54.3. The number of hydrogen-bond acceptors (Lipinski definition) is 18. The third kappa shape index (κ3) is 18.2. The number of fused-ring (bicyclic) bond motifs is 11. The van der Waals surface area contributed by atoms with Gasteiger partial charge < -0.3 is 39.8 Å². The molecule has 726 valence electrons. The lowest BCUT2D eigenvalue weighted by atomic mass is 9.73. The van der Waals surface area contributed by atoms with Gasteiger partial charge in [0.25, 0.3) is 0 Å². The lowest BCUT2D eigenvalue weighted by Gasteiger charge is -2.29. The molecule has 6 N–H and O–H groups in total. The smallest absolute Gasteiger partial charge is 0.309 e. The molecule has 2 aliphatic heterocycles. The predicted octanol–water partition coefficient (Wildman–Crippen LogP) is 26.5. The molecule has 12 aromatic rings. The number of ketones is 4. The van der Waals surface area contributed by atoms with Crippen molar-refractivity contribution in [1.82, 2.24) is 74.8 Å². The minimum atomic E-state index is -0.572. The van der Waals surface area contributed by atoms with Crippen LogP contribution in [0.5, 0.6) is 0 Å². The molecule has 10 aromatic heterocycles. The lowest BCUT2D eigenvalue weighted by Crippen LogP contribution is -2.32. The maximum Gasteiger partial charge on any atom is 0.309 e. The number of carbonyl (C=O) groups excluding carboxylic acids is 5. The van der Waals surface area contributed by atoms with Gasteiger partial charge in [-0.1, -0.05) is 136 Å². The van der Waals surface area contributed by atoms with Crippen molar-refractivity contribution in [2.45, 2.75) is 260 Å². The Morgan fingerprint density at radius 3 is 0.964 bits per heavy atom. The van der Waals surface area contributed by atoms with E-state index in [2.05, 4.69) is 206 Å². The summed E-state index contributed by atoms with van der Waals surface area (Å²) < 4.78 is 2.09. The van der Waals surface area contributed by atoms with Crippen LogP contribution in [0.15, 0.2) is 130 Å². The Hall–Kier alpha value is -9.31. The summed E-state index contributed by atoms with van der Waals surface area (Å²) in [7, 11) is 0. The quantitative estimate of drug-likeness (QED) is 0.0435. The van der Waals surface area contributed by atoms with E-state index in [0.717, 1.165) is 173 Å². The number of carboxylic acid groups (broad SMARTS) is 1. The van der Waals surface area contributed by atoms with Gasteiger partial charge in [0.05, 0.1) is 70.0 Å². The predicted molar refractivity (Wildman–Crippen MR) is 551 cm³/mol. The van der Waals surface area contributed by atoms with E-state index in [1.807, 2.05) is 44.0 Å². The number of nitrogens with zero attached hydrogens (tertiary/aromatic N) is 12. The van der Waals surface area contributed by atoms with Crippen LogP contribution < -0.4 is 9.80 Å². The van der Waals surface area contributed by atoms with Gasteiger partial charge in [-0.3, -0.25) is 28.8 Å². The topological polar surface area (TPSA) is 337 Å². The summed E-state index contributed by atoms with van der Waals surface area (Å²) in [6.07, 6.45) is 58.3. The molecule has 14 fully saturated rings. The van der Waals surface area contributed by atoms with E-state index in [1.54, 1.807) is 31.0 Å². The molecule has 0 spiro atoms. The summed E-state index contributed by atoms with van der Waals surface area (Å²) in [6.45, 7) is 17.2. The molecule has 12 aliphatic carbocycles. The first-order chi connectivity index (χ1) is 66.6. The van der Waals surface area contributed by atoms with Crippen molar-refractivity contribution in [3.05, 3.63) is 153 Å². The van der Waals surface area contributed by atoms with Gasteiger partial charge in [-0.2, -0.15) is 0 Å². The maximum absolute atomic E-state index is 13.8. The molecule has 26 rings (SSSR count). The number of hydrogen-bond donors (Lipinski definition) is 6. The Bertz CT molecular complexity index is 6220. The van der Waals surface area contributed by atoms with E-state index in [-0.39, 0.29) is 60.9 Å². The SMILES string of the molecule is Brc1cnc2[nH]ccc2n1.CC1(C(=O)Cl)CC[C@@H]2CCC[C@@H]21.CC1(C(=O)O)CC[C@@H]2CCC[C@@H]21.CC1(C(=O)c2c[nH]c3ncc(-c4cccc(N5CCCC5)c4)nc23)CC[C@@H]2CCC[C@@H]21.CC1(C(=O)c2c[nH]c3ncc(-c4cccc(N5CCCC5)c4)nc23)CC[C@@H]2CCC[C@@H]21.CC1(C(=O)c2c[nH]c3ncc(Br)nc23)CC[C@@H]2CCC[C@@H]21.CC1(C(=O)c2c[nH]c3ncc(Br)nc23)CC[C@@H]2CCC[C@@H]21. The number of H-pyrrole nitrogens is 5. The highest BCUT2D eigenvalue weighted by atomic mass is 79.9. The van der Waals surface area contributed by atoms with E-state index in [9.17, 15) is 28.8 Å². The highest BCUT2D eigenvalue weighted by Gasteiger charge is 2.58. The molecule has 0 radical (unpaired) electrons. The second kappa shape index (κ2) is 39.5. The second-order valence-electron chi connectivity index (χ2n) is 44.3.